The van der Waals surface area contributed by atoms with Crippen LogP contribution in [0.25, 0.3) is 0 Å². The van der Waals surface area contributed by atoms with Crippen LogP contribution in [0.15, 0.2) is 29.3 Å². The Morgan fingerprint density at radius 1 is 1.29 bits per heavy atom. The topological polar surface area (TPSA) is 58.1 Å². The molecule has 6 heteroatoms. The SMILES string of the molecule is CN=C(NC1CCN(c2cccc(OC)c2)C1)NC1C2CCCOC2C1(C)C. The number of guanidine groups is 1. The van der Waals surface area contributed by atoms with Gasteiger partial charge in [0.25, 0.3) is 0 Å². The van der Waals surface area contributed by atoms with Gasteiger partial charge in [0.15, 0.2) is 5.96 Å². The summed E-state index contributed by atoms with van der Waals surface area (Å²) in [7, 11) is 3.58. The number of rotatable bonds is 4. The van der Waals surface area contributed by atoms with E-state index < -0.39 is 0 Å². The van der Waals surface area contributed by atoms with Crippen LogP contribution in [0.2, 0.25) is 0 Å². The Kier molecular flexibility index (Phi) is 5.41. The van der Waals surface area contributed by atoms with Crippen LogP contribution in [0, 0.1) is 11.3 Å². The van der Waals surface area contributed by atoms with E-state index in [4.69, 9.17) is 9.47 Å². The number of fused-ring (bicyclic) bond motifs is 1. The smallest absolute Gasteiger partial charge is 0.191 e. The molecule has 154 valence electrons. The maximum absolute atomic E-state index is 6.04. The normalized spacial score (nSPS) is 31.7. The number of ether oxygens (including phenoxy) is 2. The average molecular weight is 387 g/mol. The minimum Gasteiger partial charge on any atom is -0.497 e. The lowest BCUT2D eigenvalue weighted by Gasteiger charge is -2.60. The summed E-state index contributed by atoms with van der Waals surface area (Å²) in [5.74, 6) is 2.42. The first-order valence-electron chi connectivity index (χ1n) is 10.5. The first-order chi connectivity index (χ1) is 13.5. The van der Waals surface area contributed by atoms with Gasteiger partial charge in [-0.2, -0.15) is 0 Å². The number of hydrogen-bond acceptors (Lipinski definition) is 4. The predicted octanol–water partition coefficient (Wildman–Crippen LogP) is 2.64. The van der Waals surface area contributed by atoms with Gasteiger partial charge in [0.05, 0.1) is 13.2 Å². The number of methoxy groups -OCH3 is 1. The van der Waals surface area contributed by atoms with Crippen LogP contribution in [-0.2, 0) is 4.74 Å². The van der Waals surface area contributed by atoms with E-state index in [0.717, 1.165) is 37.8 Å². The molecule has 4 rings (SSSR count). The third kappa shape index (κ3) is 3.54. The molecule has 0 aromatic heterocycles. The fourth-order valence-corrected chi connectivity index (χ4v) is 5.25. The third-order valence-corrected chi connectivity index (χ3v) is 6.79. The summed E-state index contributed by atoms with van der Waals surface area (Å²) in [5.41, 5.74) is 1.36. The largest absolute Gasteiger partial charge is 0.497 e. The molecular weight excluding hydrogens is 352 g/mol. The summed E-state index contributed by atoms with van der Waals surface area (Å²) in [6, 6.07) is 9.10. The summed E-state index contributed by atoms with van der Waals surface area (Å²) in [4.78, 5) is 6.93. The molecule has 1 aromatic carbocycles. The van der Waals surface area contributed by atoms with Crippen LogP contribution in [0.4, 0.5) is 5.69 Å². The molecule has 0 radical (unpaired) electrons. The van der Waals surface area contributed by atoms with Gasteiger partial charge in [-0.15, -0.1) is 0 Å². The Balaban J connectivity index is 1.34. The Morgan fingerprint density at radius 3 is 2.93 bits per heavy atom. The molecule has 2 aliphatic heterocycles. The first kappa shape index (κ1) is 19.4. The molecule has 1 aliphatic carbocycles. The summed E-state index contributed by atoms with van der Waals surface area (Å²) >= 11 is 0. The summed E-state index contributed by atoms with van der Waals surface area (Å²) in [6.45, 7) is 7.54. The van der Waals surface area contributed by atoms with Crippen LogP contribution in [0.3, 0.4) is 0 Å². The van der Waals surface area contributed by atoms with E-state index in [1.165, 1.54) is 18.5 Å². The predicted molar refractivity (Wildman–Crippen MR) is 113 cm³/mol. The molecule has 0 bridgehead atoms. The average Bonchev–Trinajstić information content (AvgIpc) is 3.19. The molecule has 0 spiro atoms. The third-order valence-electron chi connectivity index (χ3n) is 6.79. The highest BCUT2D eigenvalue weighted by atomic mass is 16.5. The van der Waals surface area contributed by atoms with Gasteiger partial charge in [-0.25, -0.2) is 0 Å². The lowest BCUT2D eigenvalue weighted by Crippen LogP contribution is -2.71. The van der Waals surface area contributed by atoms with Crippen molar-refractivity contribution in [2.24, 2.45) is 16.3 Å². The monoisotopic (exact) mass is 386 g/mol. The van der Waals surface area contributed by atoms with E-state index in [2.05, 4.69) is 52.6 Å². The van der Waals surface area contributed by atoms with Gasteiger partial charge in [-0.05, 0) is 31.4 Å². The van der Waals surface area contributed by atoms with Gasteiger partial charge in [-0.3, -0.25) is 4.99 Å². The molecule has 1 aromatic rings. The molecule has 2 N–H and O–H groups in total. The number of hydrogen-bond donors (Lipinski definition) is 2. The van der Waals surface area contributed by atoms with Crippen molar-refractivity contribution < 1.29 is 9.47 Å². The Morgan fingerprint density at radius 2 is 2.14 bits per heavy atom. The summed E-state index contributed by atoms with van der Waals surface area (Å²) in [6.07, 6.45) is 3.89. The molecule has 0 amide bonds. The summed E-state index contributed by atoms with van der Waals surface area (Å²) < 4.78 is 11.4. The van der Waals surface area contributed by atoms with Gasteiger partial charge in [0.2, 0.25) is 0 Å². The quantitative estimate of drug-likeness (QED) is 0.615. The van der Waals surface area contributed by atoms with Crippen molar-refractivity contribution in [3.05, 3.63) is 24.3 Å². The zero-order valence-corrected chi connectivity index (χ0v) is 17.6. The maximum Gasteiger partial charge on any atom is 0.191 e. The standard InChI is InChI=1S/C22H34N4O2/c1-22(2)19(18-9-6-12-28-20(18)22)25-21(23-3)24-15-10-11-26(14-15)16-7-5-8-17(13-16)27-4/h5,7-8,13,15,18-20H,6,9-12,14H2,1-4H3,(H2,23,24,25). The first-order valence-corrected chi connectivity index (χ1v) is 10.5. The van der Waals surface area contributed by atoms with Crippen molar-refractivity contribution in [2.75, 3.05) is 38.8 Å². The van der Waals surface area contributed by atoms with E-state index >= 15 is 0 Å². The van der Waals surface area contributed by atoms with Gasteiger partial charge in [-0.1, -0.05) is 19.9 Å². The Hall–Kier alpha value is -1.95. The van der Waals surface area contributed by atoms with E-state index in [0.29, 0.717) is 24.1 Å². The van der Waals surface area contributed by atoms with Crippen LogP contribution in [0.1, 0.15) is 33.1 Å². The van der Waals surface area contributed by atoms with Crippen molar-refractivity contribution in [1.82, 2.24) is 10.6 Å². The zero-order valence-electron chi connectivity index (χ0n) is 17.6. The molecule has 2 heterocycles. The van der Waals surface area contributed by atoms with E-state index in [1.54, 1.807) is 7.11 Å². The zero-order chi connectivity index (χ0) is 19.7. The maximum atomic E-state index is 6.04. The molecule has 4 atom stereocenters. The Labute approximate surface area is 168 Å². The van der Waals surface area contributed by atoms with E-state index in [1.807, 2.05) is 13.1 Å². The summed E-state index contributed by atoms with van der Waals surface area (Å²) in [5, 5.41) is 7.36. The van der Waals surface area contributed by atoms with Crippen LogP contribution >= 0.6 is 0 Å². The highest BCUT2D eigenvalue weighted by Crippen LogP contribution is 2.51. The van der Waals surface area contributed by atoms with Gasteiger partial charge in [0.1, 0.15) is 5.75 Å². The number of aliphatic imine (C=N–C) groups is 1. The lowest BCUT2D eigenvalue weighted by atomic mass is 9.55. The molecule has 4 unspecified atom stereocenters. The van der Waals surface area contributed by atoms with E-state index in [-0.39, 0.29) is 5.41 Å². The van der Waals surface area contributed by atoms with Crippen LogP contribution in [-0.4, -0.2) is 58.0 Å². The number of benzene rings is 1. The molecule has 2 saturated heterocycles. The van der Waals surface area contributed by atoms with Crippen molar-refractivity contribution in [2.45, 2.75) is 51.3 Å². The second kappa shape index (κ2) is 7.82. The van der Waals surface area contributed by atoms with Gasteiger partial charge < -0.3 is 25.0 Å². The molecule has 3 fully saturated rings. The van der Waals surface area contributed by atoms with Crippen molar-refractivity contribution in [3.8, 4) is 5.75 Å². The lowest BCUT2D eigenvalue weighted by molar-refractivity contribution is -0.188. The van der Waals surface area contributed by atoms with Crippen molar-refractivity contribution >= 4 is 11.6 Å². The highest BCUT2D eigenvalue weighted by molar-refractivity contribution is 5.80. The van der Waals surface area contributed by atoms with Crippen molar-refractivity contribution in [3.63, 3.8) is 0 Å². The van der Waals surface area contributed by atoms with Crippen LogP contribution in [0.5, 0.6) is 5.75 Å². The molecule has 6 nitrogen and oxygen atoms in total. The second-order valence-corrected chi connectivity index (χ2v) is 8.89. The van der Waals surface area contributed by atoms with Gasteiger partial charge in [0, 0.05) is 61.9 Å². The molecule has 1 saturated carbocycles. The van der Waals surface area contributed by atoms with Crippen molar-refractivity contribution in [1.29, 1.82) is 0 Å². The van der Waals surface area contributed by atoms with Crippen LogP contribution < -0.4 is 20.3 Å². The Bertz CT molecular complexity index is 720. The highest BCUT2D eigenvalue weighted by Gasteiger charge is 2.58. The minimum absolute atomic E-state index is 0.144. The number of nitrogens with zero attached hydrogens (tertiary/aromatic N) is 2. The minimum atomic E-state index is 0.144. The van der Waals surface area contributed by atoms with E-state index in [9.17, 15) is 0 Å². The fraction of sp³-hybridized carbons (Fsp3) is 0.682. The fourth-order valence-electron chi connectivity index (χ4n) is 5.25. The molecular formula is C22H34N4O2. The number of nitrogens with one attached hydrogen (secondary N) is 2. The second-order valence-electron chi connectivity index (χ2n) is 8.89. The van der Waals surface area contributed by atoms with Gasteiger partial charge >= 0.3 is 0 Å². The number of anilines is 1. The molecule has 3 aliphatic rings. The molecule has 28 heavy (non-hydrogen) atoms.